The Morgan fingerprint density at radius 3 is 2.74 bits per heavy atom. The Morgan fingerprint density at radius 1 is 1.26 bits per heavy atom. The minimum absolute atomic E-state index is 0.0367. The van der Waals surface area contributed by atoms with Crippen LogP contribution in [0.1, 0.15) is 19.5 Å². The molecule has 0 aliphatic carbocycles. The fourth-order valence-corrected chi connectivity index (χ4v) is 3.66. The molecule has 2 aromatic heterocycles. The van der Waals surface area contributed by atoms with E-state index in [0.717, 1.165) is 5.69 Å². The summed E-state index contributed by atoms with van der Waals surface area (Å²) in [6.45, 7) is 4.01. The molecule has 2 amide bonds. The third-order valence-electron chi connectivity index (χ3n) is 5.37. The third kappa shape index (κ3) is 4.80. The molecular formula is C21H24BFN6O5. The van der Waals surface area contributed by atoms with Crippen LogP contribution in [0.15, 0.2) is 24.4 Å². The number of ether oxygens (including phenoxy) is 1. The molecule has 178 valence electrons. The van der Waals surface area contributed by atoms with Gasteiger partial charge in [-0.05, 0) is 25.3 Å². The van der Waals surface area contributed by atoms with E-state index in [-0.39, 0.29) is 23.5 Å². The lowest BCUT2D eigenvalue weighted by atomic mass is 9.78. The maximum atomic E-state index is 14.9. The van der Waals surface area contributed by atoms with Gasteiger partial charge >= 0.3 is 13.2 Å². The summed E-state index contributed by atoms with van der Waals surface area (Å²) in [7, 11) is -0.353. The first-order valence-electron chi connectivity index (χ1n) is 10.7. The van der Waals surface area contributed by atoms with Gasteiger partial charge in [-0.3, -0.25) is 14.8 Å². The molecule has 0 atom stereocenters. The van der Waals surface area contributed by atoms with E-state index in [0.29, 0.717) is 30.0 Å². The van der Waals surface area contributed by atoms with E-state index in [9.17, 15) is 24.0 Å². The lowest BCUT2D eigenvalue weighted by Gasteiger charge is -2.15. The number of halogens is 1. The van der Waals surface area contributed by atoms with Gasteiger partial charge in [0, 0.05) is 48.8 Å². The second kappa shape index (κ2) is 9.27. The number of fused-ring (bicyclic) bond motifs is 2. The zero-order valence-electron chi connectivity index (χ0n) is 18.9. The van der Waals surface area contributed by atoms with Gasteiger partial charge in [0.15, 0.2) is 5.82 Å². The summed E-state index contributed by atoms with van der Waals surface area (Å²) < 4.78 is 21.6. The van der Waals surface area contributed by atoms with E-state index < -0.39 is 30.6 Å². The molecule has 0 saturated carbocycles. The van der Waals surface area contributed by atoms with Crippen molar-refractivity contribution in [2.45, 2.75) is 32.9 Å². The average Bonchev–Trinajstić information content (AvgIpc) is 3.07. The Morgan fingerprint density at radius 2 is 2.03 bits per heavy atom. The number of anilines is 3. The third-order valence-corrected chi connectivity index (χ3v) is 5.37. The molecular weight excluding hydrogens is 446 g/mol. The summed E-state index contributed by atoms with van der Waals surface area (Å²) in [6.07, 6.45) is 0.677. The van der Waals surface area contributed by atoms with Crippen molar-refractivity contribution in [3.05, 3.63) is 35.9 Å². The molecule has 1 aromatic carbocycles. The van der Waals surface area contributed by atoms with Gasteiger partial charge in [-0.15, -0.1) is 0 Å². The van der Waals surface area contributed by atoms with Crippen LogP contribution in [0.4, 0.5) is 26.5 Å². The van der Waals surface area contributed by atoms with E-state index in [1.807, 2.05) is 6.07 Å². The number of amides is 2. The standard InChI is InChI=1S/C21H24BFN6O5/c1-11(2)34-21(31)26-20-14-9-24-16(7-12(14)6-15(19(20)23)22(32)33)25-17-8-13-4-5-28(3)18(30)10-29(13)27-17/h6-9,11,32-33H,4-5,10H2,1-3H3,(H,26,31)(H,24,25,27). The molecule has 13 heteroatoms. The topological polar surface area (TPSA) is 142 Å². The van der Waals surface area contributed by atoms with E-state index in [1.165, 1.54) is 12.3 Å². The summed E-state index contributed by atoms with van der Waals surface area (Å²) in [4.78, 5) is 30.1. The van der Waals surface area contributed by atoms with Gasteiger partial charge in [-0.2, -0.15) is 5.10 Å². The highest BCUT2D eigenvalue weighted by atomic mass is 19.1. The van der Waals surface area contributed by atoms with Crippen LogP contribution in [0.2, 0.25) is 0 Å². The van der Waals surface area contributed by atoms with Crippen molar-refractivity contribution in [2.24, 2.45) is 0 Å². The van der Waals surface area contributed by atoms with Gasteiger partial charge < -0.3 is 25.0 Å². The lowest BCUT2D eigenvalue weighted by molar-refractivity contribution is -0.130. The number of rotatable bonds is 5. The number of pyridine rings is 1. The zero-order valence-corrected chi connectivity index (χ0v) is 18.9. The number of aromatic nitrogens is 3. The first kappa shape index (κ1) is 23.5. The molecule has 3 aromatic rings. The van der Waals surface area contributed by atoms with Crippen LogP contribution >= 0.6 is 0 Å². The Bertz CT molecular complexity index is 1260. The monoisotopic (exact) mass is 470 g/mol. The normalized spacial score (nSPS) is 13.6. The number of hydrogen-bond acceptors (Lipinski definition) is 8. The van der Waals surface area contributed by atoms with Gasteiger partial charge in [0.05, 0.1) is 11.8 Å². The largest absolute Gasteiger partial charge is 0.491 e. The highest BCUT2D eigenvalue weighted by Gasteiger charge is 2.24. The summed E-state index contributed by atoms with van der Waals surface area (Å²) in [5, 5.41) is 29.7. The summed E-state index contributed by atoms with van der Waals surface area (Å²) in [6, 6.07) is 4.64. The Kier molecular flexibility index (Phi) is 6.40. The molecule has 0 fully saturated rings. The van der Waals surface area contributed by atoms with Crippen LogP contribution in [-0.2, 0) is 22.5 Å². The van der Waals surface area contributed by atoms with Crippen LogP contribution in [0.25, 0.3) is 10.8 Å². The second-order valence-corrected chi connectivity index (χ2v) is 8.27. The van der Waals surface area contributed by atoms with Crippen molar-refractivity contribution in [3.63, 3.8) is 0 Å². The smallest absolute Gasteiger partial charge is 0.447 e. The lowest BCUT2D eigenvalue weighted by Crippen LogP contribution is -2.34. The highest BCUT2D eigenvalue weighted by Crippen LogP contribution is 2.28. The van der Waals surface area contributed by atoms with Crippen LogP contribution in [0.3, 0.4) is 0 Å². The first-order valence-corrected chi connectivity index (χ1v) is 10.7. The maximum absolute atomic E-state index is 14.9. The number of nitrogens with one attached hydrogen (secondary N) is 2. The summed E-state index contributed by atoms with van der Waals surface area (Å²) in [5.74, 6) is -0.212. The van der Waals surface area contributed by atoms with Crippen LogP contribution in [0, 0.1) is 5.82 Å². The molecule has 4 rings (SSSR count). The molecule has 0 saturated heterocycles. The molecule has 0 bridgehead atoms. The quantitative estimate of drug-likeness (QED) is 0.404. The SMILES string of the molecule is CC(C)OC(=O)Nc1c(F)c(B(O)O)cc2cc(Nc3cc4n(n3)CC(=O)N(C)CC4)ncc12. The maximum Gasteiger partial charge on any atom is 0.491 e. The molecule has 0 spiro atoms. The highest BCUT2D eigenvalue weighted by molar-refractivity contribution is 6.59. The van der Waals surface area contributed by atoms with Gasteiger partial charge in [0.1, 0.15) is 18.2 Å². The van der Waals surface area contributed by atoms with E-state index in [1.54, 1.807) is 36.5 Å². The number of benzene rings is 1. The van der Waals surface area contributed by atoms with Crippen molar-refractivity contribution in [3.8, 4) is 0 Å². The van der Waals surface area contributed by atoms with E-state index in [2.05, 4.69) is 20.7 Å². The van der Waals surface area contributed by atoms with E-state index in [4.69, 9.17) is 4.74 Å². The zero-order chi connectivity index (χ0) is 24.6. The number of hydrogen-bond donors (Lipinski definition) is 4. The molecule has 11 nitrogen and oxygen atoms in total. The summed E-state index contributed by atoms with van der Waals surface area (Å²) in [5.41, 5.74) is 0.200. The molecule has 0 unspecified atom stereocenters. The van der Waals surface area contributed by atoms with Crippen molar-refractivity contribution in [1.82, 2.24) is 19.7 Å². The average molecular weight is 470 g/mol. The van der Waals surface area contributed by atoms with Crippen molar-refractivity contribution < 1.29 is 28.8 Å². The Labute approximate surface area is 194 Å². The molecule has 1 aliphatic rings. The Balaban J connectivity index is 1.67. The van der Waals surface area contributed by atoms with Crippen molar-refractivity contribution in [2.75, 3.05) is 24.2 Å². The Hall–Kier alpha value is -3.71. The first-order chi connectivity index (χ1) is 16.1. The number of carbonyl (C=O) groups is 2. The minimum Gasteiger partial charge on any atom is -0.447 e. The molecule has 3 heterocycles. The predicted octanol–water partition coefficient (Wildman–Crippen LogP) is 0.965. The molecule has 4 N–H and O–H groups in total. The summed E-state index contributed by atoms with van der Waals surface area (Å²) >= 11 is 0. The predicted molar refractivity (Wildman–Crippen MR) is 124 cm³/mol. The van der Waals surface area contributed by atoms with Crippen LogP contribution in [0.5, 0.6) is 0 Å². The fourth-order valence-electron chi connectivity index (χ4n) is 3.66. The molecule has 1 aliphatic heterocycles. The molecule has 0 radical (unpaired) electrons. The van der Waals surface area contributed by atoms with Gasteiger partial charge in [-0.25, -0.2) is 14.2 Å². The van der Waals surface area contributed by atoms with Crippen LogP contribution in [-0.4, -0.2) is 68.5 Å². The van der Waals surface area contributed by atoms with Crippen molar-refractivity contribution >= 4 is 52.7 Å². The van der Waals surface area contributed by atoms with Gasteiger partial charge in [0.25, 0.3) is 0 Å². The number of likely N-dealkylation sites (N-methyl/N-ethyl adjacent to an activating group) is 1. The van der Waals surface area contributed by atoms with Gasteiger partial charge in [-0.1, -0.05) is 6.07 Å². The fraction of sp³-hybridized carbons (Fsp3) is 0.333. The van der Waals surface area contributed by atoms with Crippen LogP contribution < -0.4 is 16.1 Å². The minimum atomic E-state index is -2.10. The van der Waals surface area contributed by atoms with Crippen molar-refractivity contribution in [1.29, 1.82) is 0 Å². The number of nitrogens with zero attached hydrogens (tertiary/aromatic N) is 4. The second-order valence-electron chi connectivity index (χ2n) is 8.27. The number of carbonyl (C=O) groups excluding carboxylic acids is 2. The van der Waals surface area contributed by atoms with E-state index >= 15 is 0 Å². The van der Waals surface area contributed by atoms with Gasteiger partial charge in [0.2, 0.25) is 5.91 Å². The molecule has 34 heavy (non-hydrogen) atoms.